The molecule has 10 nitrogen and oxygen atoms in total. The van der Waals surface area contributed by atoms with Gasteiger partial charge in [0.1, 0.15) is 15.6 Å². The Balaban J connectivity index is 2.23. The highest BCUT2D eigenvalue weighted by molar-refractivity contribution is 7.18. The molecule has 1 aromatic heterocycles. The fourth-order valence-electron chi connectivity index (χ4n) is 2.59. The van der Waals surface area contributed by atoms with Crippen LogP contribution in [0, 0.1) is 17.0 Å². The van der Waals surface area contributed by atoms with E-state index in [1.807, 2.05) is 0 Å². The molecule has 12 heteroatoms. The lowest BCUT2D eigenvalue weighted by Gasteiger charge is -2.09. The highest BCUT2D eigenvalue weighted by Gasteiger charge is 2.26. The number of rotatable bonds is 9. The van der Waals surface area contributed by atoms with Gasteiger partial charge in [-0.15, -0.1) is 11.3 Å². The number of carbonyl (C=O) groups excluding carboxylic acids is 3. The zero-order chi connectivity index (χ0) is 23.1. The quantitative estimate of drug-likeness (QED) is 0.319. The first-order chi connectivity index (χ1) is 14.7. The van der Waals surface area contributed by atoms with E-state index < -0.39 is 22.8 Å². The van der Waals surface area contributed by atoms with E-state index in [9.17, 15) is 24.5 Å². The fourth-order valence-corrected chi connectivity index (χ4v) is 3.85. The molecule has 0 radical (unpaired) electrons. The minimum Gasteiger partial charge on any atom is -0.462 e. The molecule has 1 amide bonds. The minimum absolute atomic E-state index is 0.0265. The van der Waals surface area contributed by atoms with Crippen LogP contribution in [0.4, 0.5) is 16.4 Å². The second-order valence-electron chi connectivity index (χ2n) is 6.02. The van der Waals surface area contributed by atoms with Gasteiger partial charge < -0.3 is 20.1 Å². The second-order valence-corrected chi connectivity index (χ2v) is 7.48. The van der Waals surface area contributed by atoms with Crippen molar-refractivity contribution in [2.24, 2.45) is 0 Å². The minimum atomic E-state index is -0.665. The van der Waals surface area contributed by atoms with Crippen molar-refractivity contribution in [2.75, 3.05) is 30.4 Å². The number of nitro benzene ring substituents is 1. The van der Waals surface area contributed by atoms with Crippen LogP contribution in [0.25, 0.3) is 0 Å². The smallest absolute Gasteiger partial charge is 0.348 e. The van der Waals surface area contributed by atoms with Gasteiger partial charge in [-0.25, -0.2) is 9.59 Å². The molecule has 2 aromatic rings. The Hall–Kier alpha value is -3.18. The Morgan fingerprint density at radius 2 is 1.81 bits per heavy atom. The van der Waals surface area contributed by atoms with E-state index in [4.69, 9.17) is 21.1 Å². The molecule has 0 unspecified atom stereocenters. The molecule has 166 valence electrons. The first-order valence-electron chi connectivity index (χ1n) is 9.14. The molecular formula is C19H20ClN3O7S. The van der Waals surface area contributed by atoms with Crippen LogP contribution in [0.15, 0.2) is 18.2 Å². The number of esters is 2. The van der Waals surface area contributed by atoms with Gasteiger partial charge in [-0.1, -0.05) is 11.6 Å². The van der Waals surface area contributed by atoms with Gasteiger partial charge in [-0.05, 0) is 38.5 Å². The molecule has 0 saturated heterocycles. The SMILES string of the molecule is CCOC(=O)c1sc(NCC(=O)Nc2ccc(Cl)cc2[N+](=O)[O-])c(C(=O)OCC)c1C. The summed E-state index contributed by atoms with van der Waals surface area (Å²) in [7, 11) is 0. The number of amides is 1. The molecule has 31 heavy (non-hydrogen) atoms. The summed E-state index contributed by atoms with van der Waals surface area (Å²) in [6.45, 7) is 4.85. The summed E-state index contributed by atoms with van der Waals surface area (Å²) >= 11 is 6.72. The van der Waals surface area contributed by atoms with Crippen molar-refractivity contribution < 1.29 is 28.8 Å². The molecule has 0 spiro atoms. The van der Waals surface area contributed by atoms with E-state index in [1.165, 1.54) is 12.1 Å². The van der Waals surface area contributed by atoms with E-state index in [0.29, 0.717) is 5.56 Å². The summed E-state index contributed by atoms with van der Waals surface area (Å²) in [6, 6.07) is 3.85. The lowest BCUT2D eigenvalue weighted by Crippen LogP contribution is -2.22. The number of halogens is 1. The van der Waals surface area contributed by atoms with Crippen LogP contribution < -0.4 is 10.6 Å². The third-order valence-corrected chi connectivity index (χ3v) is 5.39. The number of thiophene rings is 1. The van der Waals surface area contributed by atoms with Crippen molar-refractivity contribution >= 4 is 57.2 Å². The third kappa shape index (κ3) is 5.92. The summed E-state index contributed by atoms with van der Waals surface area (Å²) in [5.74, 6) is -1.85. The number of ether oxygens (including phenoxy) is 2. The van der Waals surface area contributed by atoms with Crippen molar-refractivity contribution in [1.82, 2.24) is 0 Å². The molecule has 1 aromatic carbocycles. The maximum Gasteiger partial charge on any atom is 0.348 e. The van der Waals surface area contributed by atoms with Crippen LogP contribution in [0.3, 0.4) is 0 Å². The van der Waals surface area contributed by atoms with Gasteiger partial charge in [0.2, 0.25) is 5.91 Å². The maximum absolute atomic E-state index is 12.4. The topological polar surface area (TPSA) is 137 Å². The molecule has 2 rings (SSSR count). The molecule has 0 aliphatic rings. The zero-order valence-electron chi connectivity index (χ0n) is 16.9. The van der Waals surface area contributed by atoms with Crippen LogP contribution in [0.5, 0.6) is 0 Å². The van der Waals surface area contributed by atoms with Gasteiger partial charge in [0, 0.05) is 11.1 Å². The largest absolute Gasteiger partial charge is 0.462 e. The normalized spacial score (nSPS) is 10.3. The fraction of sp³-hybridized carbons (Fsp3) is 0.316. The standard InChI is InChI=1S/C19H20ClN3O7S/c1-4-29-18(25)15-10(3)16(19(26)30-5-2)31-17(15)21-9-14(24)22-12-7-6-11(20)8-13(12)23(27)28/h6-8,21H,4-5,9H2,1-3H3,(H,22,24). The predicted octanol–water partition coefficient (Wildman–Crippen LogP) is 4.02. The average molecular weight is 470 g/mol. The number of hydrogen-bond donors (Lipinski definition) is 2. The van der Waals surface area contributed by atoms with E-state index >= 15 is 0 Å². The second kappa shape index (κ2) is 10.7. The number of hydrogen-bond acceptors (Lipinski definition) is 9. The monoisotopic (exact) mass is 469 g/mol. The van der Waals surface area contributed by atoms with E-state index in [-0.39, 0.29) is 51.6 Å². The van der Waals surface area contributed by atoms with Crippen molar-refractivity contribution in [3.63, 3.8) is 0 Å². The Morgan fingerprint density at radius 1 is 1.16 bits per heavy atom. The van der Waals surface area contributed by atoms with Crippen molar-refractivity contribution in [3.05, 3.63) is 49.3 Å². The molecule has 0 atom stereocenters. The average Bonchev–Trinajstić information content (AvgIpc) is 3.04. The molecule has 0 fully saturated rings. The van der Waals surface area contributed by atoms with Crippen molar-refractivity contribution in [1.29, 1.82) is 0 Å². The Bertz CT molecular complexity index is 1020. The van der Waals surface area contributed by atoms with Gasteiger partial charge in [0.05, 0.1) is 30.2 Å². The Morgan fingerprint density at radius 3 is 2.42 bits per heavy atom. The van der Waals surface area contributed by atoms with E-state index in [0.717, 1.165) is 17.4 Å². The first kappa shape index (κ1) is 24.1. The summed E-state index contributed by atoms with van der Waals surface area (Å²) in [5.41, 5.74) is 0.115. The van der Waals surface area contributed by atoms with Crippen LogP contribution >= 0.6 is 22.9 Å². The number of anilines is 2. The van der Waals surface area contributed by atoms with Gasteiger partial charge in [-0.3, -0.25) is 14.9 Å². The molecule has 2 N–H and O–H groups in total. The lowest BCUT2D eigenvalue weighted by atomic mass is 10.1. The number of nitro groups is 1. The molecule has 0 bridgehead atoms. The number of nitrogens with one attached hydrogen (secondary N) is 2. The summed E-state index contributed by atoms with van der Waals surface area (Å²) in [5, 5.41) is 16.8. The van der Waals surface area contributed by atoms with Crippen LogP contribution in [-0.4, -0.2) is 42.5 Å². The molecule has 0 aliphatic carbocycles. The highest BCUT2D eigenvalue weighted by atomic mass is 35.5. The maximum atomic E-state index is 12.4. The number of benzene rings is 1. The predicted molar refractivity (Wildman–Crippen MR) is 116 cm³/mol. The molecule has 0 aliphatic heterocycles. The zero-order valence-corrected chi connectivity index (χ0v) is 18.5. The summed E-state index contributed by atoms with van der Waals surface area (Å²) in [6.07, 6.45) is 0. The molecular weight excluding hydrogens is 450 g/mol. The summed E-state index contributed by atoms with van der Waals surface area (Å²) < 4.78 is 10.1. The van der Waals surface area contributed by atoms with Gasteiger partial charge in [-0.2, -0.15) is 0 Å². The van der Waals surface area contributed by atoms with Gasteiger partial charge in [0.25, 0.3) is 5.69 Å². The van der Waals surface area contributed by atoms with Gasteiger partial charge in [0.15, 0.2) is 0 Å². The van der Waals surface area contributed by atoms with Crippen molar-refractivity contribution in [3.8, 4) is 0 Å². The van der Waals surface area contributed by atoms with Gasteiger partial charge >= 0.3 is 11.9 Å². The first-order valence-corrected chi connectivity index (χ1v) is 10.3. The Labute approximate surface area is 186 Å². The van der Waals surface area contributed by atoms with E-state index in [1.54, 1.807) is 20.8 Å². The van der Waals surface area contributed by atoms with Crippen LogP contribution in [0.1, 0.15) is 39.4 Å². The van der Waals surface area contributed by atoms with E-state index in [2.05, 4.69) is 10.6 Å². The number of carbonyl (C=O) groups is 3. The molecule has 0 saturated carbocycles. The van der Waals surface area contributed by atoms with Crippen LogP contribution in [0.2, 0.25) is 5.02 Å². The van der Waals surface area contributed by atoms with Crippen molar-refractivity contribution in [2.45, 2.75) is 20.8 Å². The highest BCUT2D eigenvalue weighted by Crippen LogP contribution is 2.34. The lowest BCUT2D eigenvalue weighted by molar-refractivity contribution is -0.383. The summed E-state index contributed by atoms with van der Waals surface area (Å²) in [4.78, 5) is 47.6. The molecule has 1 heterocycles. The van der Waals surface area contributed by atoms with Crippen LogP contribution in [-0.2, 0) is 14.3 Å². The third-order valence-electron chi connectivity index (χ3n) is 3.93. The Kier molecular flexibility index (Phi) is 8.34. The number of nitrogens with zero attached hydrogens (tertiary/aromatic N) is 1.